The largest absolute Gasteiger partial charge is 0.326 e. The van der Waals surface area contributed by atoms with Crippen molar-refractivity contribution in [3.05, 3.63) is 72.4 Å². The van der Waals surface area contributed by atoms with Crippen molar-refractivity contribution in [1.82, 2.24) is 15.1 Å². The van der Waals surface area contributed by atoms with Crippen molar-refractivity contribution in [3.63, 3.8) is 0 Å². The summed E-state index contributed by atoms with van der Waals surface area (Å²) in [6.45, 7) is 2.92. The lowest BCUT2D eigenvalue weighted by Gasteiger charge is -2.32. The highest BCUT2D eigenvalue weighted by molar-refractivity contribution is 5.93. The van der Waals surface area contributed by atoms with Crippen LogP contribution in [-0.4, -0.2) is 40.6 Å². The van der Waals surface area contributed by atoms with Gasteiger partial charge in [0.2, 0.25) is 5.91 Å². The van der Waals surface area contributed by atoms with E-state index in [2.05, 4.69) is 44.7 Å². The van der Waals surface area contributed by atoms with Gasteiger partial charge in [-0.25, -0.2) is 0 Å². The molecule has 1 fully saturated rings. The van der Waals surface area contributed by atoms with Gasteiger partial charge in [-0.3, -0.25) is 9.89 Å². The lowest BCUT2D eigenvalue weighted by molar-refractivity contribution is -0.121. The van der Waals surface area contributed by atoms with E-state index >= 15 is 0 Å². The van der Waals surface area contributed by atoms with Crippen LogP contribution < -0.4 is 5.32 Å². The molecule has 144 valence electrons. The van der Waals surface area contributed by atoms with Crippen LogP contribution in [0.3, 0.4) is 0 Å². The molecule has 28 heavy (non-hydrogen) atoms. The first-order valence-corrected chi connectivity index (χ1v) is 9.95. The van der Waals surface area contributed by atoms with Gasteiger partial charge in [-0.15, -0.1) is 0 Å². The number of hydrogen-bond acceptors (Lipinski definition) is 3. The maximum Gasteiger partial charge on any atom is 0.228 e. The van der Waals surface area contributed by atoms with Crippen LogP contribution in [0, 0.1) is 5.92 Å². The summed E-state index contributed by atoms with van der Waals surface area (Å²) in [5, 5.41) is 10.0. The van der Waals surface area contributed by atoms with Gasteiger partial charge in [-0.05, 0) is 55.1 Å². The first kappa shape index (κ1) is 18.4. The van der Waals surface area contributed by atoms with Gasteiger partial charge in [-0.1, -0.05) is 42.5 Å². The number of piperidine rings is 1. The highest BCUT2D eigenvalue weighted by Gasteiger charge is 2.25. The van der Waals surface area contributed by atoms with E-state index in [1.165, 1.54) is 5.56 Å². The fraction of sp³-hybridized carbons (Fsp3) is 0.304. The molecule has 2 N–H and O–H groups in total. The Morgan fingerprint density at radius 3 is 2.68 bits per heavy atom. The minimum atomic E-state index is 0.0526. The van der Waals surface area contributed by atoms with E-state index in [4.69, 9.17) is 0 Å². The first-order valence-electron chi connectivity index (χ1n) is 9.95. The van der Waals surface area contributed by atoms with Gasteiger partial charge in [0.15, 0.2) is 0 Å². The van der Waals surface area contributed by atoms with Crippen LogP contribution in [-0.2, 0) is 11.2 Å². The maximum atomic E-state index is 12.7. The molecule has 0 spiro atoms. The van der Waals surface area contributed by atoms with Gasteiger partial charge in [0, 0.05) is 25.0 Å². The molecule has 0 bridgehead atoms. The number of nitrogens with one attached hydrogen (secondary N) is 2. The molecular weight excluding hydrogens is 348 g/mol. The maximum absolute atomic E-state index is 12.7. The number of nitrogens with zero attached hydrogens (tertiary/aromatic N) is 2. The molecule has 1 saturated heterocycles. The van der Waals surface area contributed by atoms with E-state index in [1.807, 2.05) is 36.4 Å². The summed E-state index contributed by atoms with van der Waals surface area (Å²) >= 11 is 0. The Hall–Kier alpha value is -2.92. The van der Waals surface area contributed by atoms with Crippen molar-refractivity contribution in [2.75, 3.05) is 25.0 Å². The van der Waals surface area contributed by atoms with Crippen molar-refractivity contribution in [1.29, 1.82) is 0 Å². The standard InChI is InChI=1S/C23H26N4O/c28-23(25-21-10-8-19(9-11-21)22-12-14-24-26-22)20-7-4-15-27(17-20)16-13-18-5-2-1-3-6-18/h1-3,5-6,8-12,14,20H,4,7,13,15-17H2,(H,24,26)(H,25,28). The molecule has 4 rings (SSSR count). The molecule has 0 aliphatic carbocycles. The second kappa shape index (κ2) is 8.85. The zero-order valence-electron chi connectivity index (χ0n) is 16.0. The second-order valence-corrected chi connectivity index (χ2v) is 7.41. The average Bonchev–Trinajstić information content (AvgIpc) is 3.29. The quantitative estimate of drug-likeness (QED) is 0.686. The number of carbonyl (C=O) groups excluding carboxylic acids is 1. The number of benzene rings is 2. The molecule has 0 radical (unpaired) electrons. The van der Waals surface area contributed by atoms with Crippen LogP contribution in [0.2, 0.25) is 0 Å². The predicted octanol–water partition coefficient (Wildman–Crippen LogP) is 3.97. The Kier molecular flexibility index (Phi) is 5.83. The molecule has 3 aromatic rings. The smallest absolute Gasteiger partial charge is 0.228 e. The van der Waals surface area contributed by atoms with Crippen LogP contribution in [0.15, 0.2) is 66.9 Å². The zero-order chi connectivity index (χ0) is 19.2. The molecule has 0 saturated carbocycles. The monoisotopic (exact) mass is 374 g/mol. The summed E-state index contributed by atoms with van der Waals surface area (Å²) in [5.41, 5.74) is 4.22. The zero-order valence-corrected chi connectivity index (χ0v) is 16.0. The van der Waals surface area contributed by atoms with Crippen molar-refractivity contribution >= 4 is 11.6 Å². The van der Waals surface area contributed by atoms with Gasteiger partial charge in [0.05, 0.1) is 11.6 Å². The minimum absolute atomic E-state index is 0.0526. The Bertz CT molecular complexity index is 875. The number of H-pyrrole nitrogens is 1. The highest BCUT2D eigenvalue weighted by atomic mass is 16.1. The summed E-state index contributed by atoms with van der Waals surface area (Å²) in [6, 6.07) is 20.4. The van der Waals surface area contributed by atoms with Crippen molar-refractivity contribution in [3.8, 4) is 11.3 Å². The summed E-state index contributed by atoms with van der Waals surface area (Å²) in [6.07, 6.45) is 4.80. The summed E-state index contributed by atoms with van der Waals surface area (Å²) in [7, 11) is 0. The van der Waals surface area contributed by atoms with Gasteiger partial charge in [0.1, 0.15) is 0 Å². The van der Waals surface area contributed by atoms with Gasteiger partial charge in [-0.2, -0.15) is 5.10 Å². The highest BCUT2D eigenvalue weighted by Crippen LogP contribution is 2.22. The number of carbonyl (C=O) groups is 1. The van der Waals surface area contributed by atoms with E-state index in [9.17, 15) is 4.79 Å². The summed E-state index contributed by atoms with van der Waals surface area (Å²) in [5.74, 6) is 0.176. The second-order valence-electron chi connectivity index (χ2n) is 7.41. The van der Waals surface area contributed by atoms with Crippen LogP contribution >= 0.6 is 0 Å². The third kappa shape index (κ3) is 4.67. The normalized spacial score (nSPS) is 17.4. The molecule has 1 aliphatic heterocycles. The third-order valence-corrected chi connectivity index (χ3v) is 5.40. The molecule has 2 aromatic carbocycles. The molecule has 1 amide bonds. The molecule has 2 heterocycles. The van der Waals surface area contributed by atoms with Crippen LogP contribution in [0.4, 0.5) is 5.69 Å². The Labute approximate surface area is 165 Å². The number of rotatable bonds is 6. The summed E-state index contributed by atoms with van der Waals surface area (Å²) in [4.78, 5) is 15.2. The molecule has 1 unspecified atom stereocenters. The van der Waals surface area contributed by atoms with Gasteiger partial charge in [0.25, 0.3) is 0 Å². The Morgan fingerprint density at radius 1 is 1.11 bits per heavy atom. The van der Waals surface area contributed by atoms with Crippen LogP contribution in [0.1, 0.15) is 18.4 Å². The molecule has 1 aromatic heterocycles. The predicted molar refractivity (Wildman–Crippen MR) is 112 cm³/mol. The number of aromatic amines is 1. The van der Waals surface area contributed by atoms with Crippen molar-refractivity contribution in [2.45, 2.75) is 19.3 Å². The SMILES string of the molecule is O=C(Nc1ccc(-c2ccn[nH]2)cc1)C1CCCN(CCc2ccccc2)C1. The Balaban J connectivity index is 1.30. The van der Waals surface area contributed by atoms with E-state index in [0.717, 1.165) is 55.8 Å². The minimum Gasteiger partial charge on any atom is -0.326 e. The van der Waals surface area contributed by atoms with E-state index in [-0.39, 0.29) is 11.8 Å². The van der Waals surface area contributed by atoms with Crippen molar-refractivity contribution in [2.24, 2.45) is 5.92 Å². The average molecular weight is 374 g/mol. The molecule has 1 atom stereocenters. The van der Waals surface area contributed by atoms with Gasteiger partial charge < -0.3 is 10.2 Å². The van der Waals surface area contributed by atoms with E-state index in [1.54, 1.807) is 6.20 Å². The molecule has 1 aliphatic rings. The number of amides is 1. The van der Waals surface area contributed by atoms with E-state index in [0.29, 0.717) is 0 Å². The van der Waals surface area contributed by atoms with Crippen molar-refractivity contribution < 1.29 is 4.79 Å². The third-order valence-electron chi connectivity index (χ3n) is 5.40. The lowest BCUT2D eigenvalue weighted by atomic mass is 9.96. The number of hydrogen-bond donors (Lipinski definition) is 2. The van der Waals surface area contributed by atoms with Gasteiger partial charge >= 0.3 is 0 Å². The van der Waals surface area contributed by atoms with Crippen LogP contribution in [0.25, 0.3) is 11.3 Å². The Morgan fingerprint density at radius 2 is 1.93 bits per heavy atom. The topological polar surface area (TPSA) is 61.0 Å². The fourth-order valence-electron chi connectivity index (χ4n) is 3.80. The fourth-order valence-corrected chi connectivity index (χ4v) is 3.80. The first-order chi connectivity index (χ1) is 13.8. The number of likely N-dealkylation sites (tertiary alicyclic amines) is 1. The summed E-state index contributed by atoms with van der Waals surface area (Å²) < 4.78 is 0. The molecule has 5 heteroatoms. The lowest BCUT2D eigenvalue weighted by Crippen LogP contribution is -2.41. The molecular formula is C23H26N4O. The molecule has 5 nitrogen and oxygen atoms in total. The van der Waals surface area contributed by atoms with E-state index < -0.39 is 0 Å². The van der Waals surface area contributed by atoms with Crippen LogP contribution in [0.5, 0.6) is 0 Å². The number of aromatic nitrogens is 2. The number of anilines is 1.